The van der Waals surface area contributed by atoms with Gasteiger partial charge < -0.3 is 16.3 Å². The van der Waals surface area contributed by atoms with Crippen LogP contribution in [0.3, 0.4) is 0 Å². The van der Waals surface area contributed by atoms with E-state index in [1.807, 2.05) is 0 Å². The van der Waals surface area contributed by atoms with Crippen LogP contribution in [0.2, 0.25) is 0 Å². The van der Waals surface area contributed by atoms with Crippen LogP contribution in [0.15, 0.2) is 46.1 Å². The number of pyridine rings is 1. The number of alkyl halides is 1. The largest absolute Gasteiger partial charge is 0.379 e. The van der Waals surface area contributed by atoms with Crippen LogP contribution in [-0.4, -0.2) is 23.0 Å². The number of nitrogens with two attached hydrogens (primary N) is 1. The van der Waals surface area contributed by atoms with Crippen LogP contribution in [0.25, 0.3) is 0 Å². The molecule has 2 atom stereocenters. The minimum atomic E-state index is -2.53. The summed E-state index contributed by atoms with van der Waals surface area (Å²) in [5, 5.41) is 16.8. The van der Waals surface area contributed by atoms with E-state index < -0.39 is 35.0 Å². The van der Waals surface area contributed by atoms with Crippen molar-refractivity contribution in [2.24, 2.45) is 10.9 Å². The summed E-state index contributed by atoms with van der Waals surface area (Å²) in [6.45, 7) is 0.578. The van der Waals surface area contributed by atoms with Crippen molar-refractivity contribution in [3.8, 4) is 0 Å². The molecule has 1 aromatic carbocycles. The van der Waals surface area contributed by atoms with Gasteiger partial charge in [-0.2, -0.15) is 5.10 Å². The van der Waals surface area contributed by atoms with Gasteiger partial charge in [0.05, 0.1) is 12.2 Å². The molecule has 0 fully saturated rings. The van der Waals surface area contributed by atoms with Gasteiger partial charge in [0.1, 0.15) is 23.6 Å². The number of rotatable bonds is 6. The number of aromatic nitrogens is 1. The van der Waals surface area contributed by atoms with Crippen molar-refractivity contribution < 1.29 is 18.3 Å². The predicted molar refractivity (Wildman–Crippen MR) is 91.3 cm³/mol. The minimum absolute atomic E-state index is 0.131. The molecule has 0 saturated carbocycles. The Bertz CT molecular complexity index is 770. The number of hydrazone groups is 1. The van der Waals surface area contributed by atoms with Crippen molar-refractivity contribution in [3.05, 3.63) is 63.9 Å². The molecular weight excluding hydrogens is 401 g/mol. The molecule has 1 heterocycles. The molecule has 0 aliphatic heterocycles. The molecule has 0 aliphatic carbocycles. The Labute approximate surface area is 150 Å². The maximum absolute atomic E-state index is 15.7. The molecule has 0 aliphatic rings. The molecule has 4 N–H and O–H groups in total. The Morgan fingerprint density at radius 3 is 2.64 bits per heavy atom. The monoisotopic (exact) mass is 416 g/mol. The number of hydrogen-bond donors (Lipinski definition) is 3. The van der Waals surface area contributed by atoms with Gasteiger partial charge in [0.25, 0.3) is 0 Å². The number of hydrogen-bond acceptors (Lipinski definition) is 4. The van der Waals surface area contributed by atoms with Gasteiger partial charge in [0.2, 0.25) is 0 Å². The van der Waals surface area contributed by atoms with E-state index in [1.165, 1.54) is 18.3 Å². The third-order valence-corrected chi connectivity index (χ3v) is 4.35. The molecule has 134 valence electrons. The Balaban J connectivity index is 2.58. The maximum atomic E-state index is 15.7. The second-order valence-corrected chi connectivity index (χ2v) is 6.42. The summed E-state index contributed by atoms with van der Waals surface area (Å²) in [5.41, 5.74) is -5.51. The van der Waals surface area contributed by atoms with Gasteiger partial charge in [-0.15, -0.1) is 0 Å². The quantitative estimate of drug-likeness (QED) is 0.292. The van der Waals surface area contributed by atoms with Crippen LogP contribution < -0.4 is 11.2 Å². The molecule has 0 bridgehead atoms. The minimum Gasteiger partial charge on any atom is -0.379 e. The van der Waals surface area contributed by atoms with E-state index in [1.54, 1.807) is 0 Å². The van der Waals surface area contributed by atoms with Gasteiger partial charge in [0, 0.05) is 22.3 Å². The van der Waals surface area contributed by atoms with E-state index in [9.17, 15) is 13.9 Å². The fourth-order valence-corrected chi connectivity index (χ4v) is 2.69. The van der Waals surface area contributed by atoms with Crippen molar-refractivity contribution in [1.29, 1.82) is 0 Å². The summed E-state index contributed by atoms with van der Waals surface area (Å²) < 4.78 is 43.8. The Morgan fingerprint density at radius 1 is 1.36 bits per heavy atom. The highest BCUT2D eigenvalue weighted by Gasteiger charge is 2.52. The molecule has 5 nitrogen and oxygen atoms in total. The molecule has 0 spiro atoms. The van der Waals surface area contributed by atoms with Gasteiger partial charge in [-0.3, -0.25) is 4.98 Å². The number of nitrogens with zero attached hydrogens (tertiary/aromatic N) is 2. The number of halogens is 4. The van der Waals surface area contributed by atoms with Crippen molar-refractivity contribution in [3.63, 3.8) is 0 Å². The molecule has 1 aromatic heterocycles. The normalized spacial score (nSPS) is 16.4. The maximum Gasteiger partial charge on any atom is 0.184 e. The highest BCUT2D eigenvalue weighted by Crippen LogP contribution is 2.43. The lowest BCUT2D eigenvalue weighted by Crippen LogP contribution is -2.52. The highest BCUT2D eigenvalue weighted by molar-refractivity contribution is 9.10. The first kappa shape index (κ1) is 19.2. The van der Waals surface area contributed by atoms with Crippen molar-refractivity contribution in [2.45, 2.75) is 18.2 Å². The summed E-state index contributed by atoms with van der Waals surface area (Å²) in [4.78, 5) is 3.95. The fraction of sp³-hybridized carbons (Fsp3) is 0.250. The SMILES string of the molecule is CC(F)(c1ccc(Br)cn1)C(O)(CN/C=N\N)c1ccc(F)cc1F. The average Bonchev–Trinajstić information content (AvgIpc) is 2.55. The number of benzene rings is 1. The molecule has 25 heavy (non-hydrogen) atoms. The third-order valence-electron chi connectivity index (χ3n) is 3.89. The summed E-state index contributed by atoms with van der Waals surface area (Å²) in [5.74, 6) is 3.04. The van der Waals surface area contributed by atoms with E-state index in [0.29, 0.717) is 10.5 Å². The van der Waals surface area contributed by atoms with Crippen molar-refractivity contribution in [2.75, 3.05) is 6.54 Å². The van der Waals surface area contributed by atoms with Crippen LogP contribution in [0.5, 0.6) is 0 Å². The van der Waals surface area contributed by atoms with Gasteiger partial charge >= 0.3 is 0 Å². The predicted octanol–water partition coefficient (Wildman–Crippen LogP) is 2.69. The zero-order valence-corrected chi connectivity index (χ0v) is 14.8. The molecule has 0 amide bonds. The lowest BCUT2D eigenvalue weighted by molar-refractivity contribution is -0.106. The lowest BCUT2D eigenvalue weighted by Gasteiger charge is -2.39. The zero-order chi connectivity index (χ0) is 18.7. The van der Waals surface area contributed by atoms with Gasteiger partial charge in [-0.05, 0) is 41.1 Å². The molecule has 2 unspecified atom stereocenters. The summed E-state index contributed by atoms with van der Waals surface area (Å²) in [6, 6.07) is 5.39. The number of aliphatic hydroxyl groups is 1. The van der Waals surface area contributed by atoms with Gasteiger partial charge in [-0.1, -0.05) is 6.07 Å². The van der Waals surface area contributed by atoms with E-state index in [0.717, 1.165) is 25.4 Å². The number of nitrogens with one attached hydrogen (secondary N) is 1. The van der Waals surface area contributed by atoms with E-state index in [2.05, 4.69) is 31.3 Å². The zero-order valence-electron chi connectivity index (χ0n) is 13.2. The third kappa shape index (κ3) is 3.77. The Kier molecular flexibility index (Phi) is 5.69. The van der Waals surface area contributed by atoms with Crippen LogP contribution in [0, 0.1) is 11.6 Å². The smallest absolute Gasteiger partial charge is 0.184 e. The average molecular weight is 417 g/mol. The van der Waals surface area contributed by atoms with Crippen LogP contribution in [0.4, 0.5) is 13.2 Å². The molecule has 0 saturated heterocycles. The molecule has 2 aromatic rings. The molecule has 2 rings (SSSR count). The topological polar surface area (TPSA) is 83.5 Å². The van der Waals surface area contributed by atoms with E-state index in [-0.39, 0.29) is 5.69 Å². The van der Waals surface area contributed by atoms with Crippen LogP contribution >= 0.6 is 15.9 Å². The summed E-state index contributed by atoms with van der Waals surface area (Å²) in [7, 11) is 0. The molecule has 9 heteroatoms. The van der Waals surface area contributed by atoms with Crippen molar-refractivity contribution >= 4 is 22.3 Å². The fourth-order valence-electron chi connectivity index (χ4n) is 2.45. The summed E-state index contributed by atoms with van der Waals surface area (Å²) in [6.07, 6.45) is 2.38. The van der Waals surface area contributed by atoms with Crippen LogP contribution in [-0.2, 0) is 11.3 Å². The summed E-state index contributed by atoms with van der Waals surface area (Å²) >= 11 is 3.19. The van der Waals surface area contributed by atoms with Crippen molar-refractivity contribution in [1.82, 2.24) is 10.3 Å². The second kappa shape index (κ2) is 7.40. The Hall–Kier alpha value is -2.13. The second-order valence-electron chi connectivity index (χ2n) is 5.51. The standard InChI is InChI=1S/C16H16BrF3N4O/c1-15(20,14-5-2-10(17)7-23-14)16(25,8-22-9-24-21)12-4-3-11(18)6-13(12)19/h2-7,9,25H,8,21H2,1H3,(H,22,24). The molecule has 0 radical (unpaired) electrons. The van der Waals surface area contributed by atoms with E-state index in [4.69, 9.17) is 5.84 Å². The first-order chi connectivity index (χ1) is 11.7. The van der Waals surface area contributed by atoms with Gasteiger partial charge in [0.15, 0.2) is 5.67 Å². The molecular formula is C16H16BrF3N4O. The first-order valence-electron chi connectivity index (χ1n) is 7.16. The van der Waals surface area contributed by atoms with E-state index >= 15 is 4.39 Å². The Morgan fingerprint density at radius 2 is 2.08 bits per heavy atom. The highest BCUT2D eigenvalue weighted by atomic mass is 79.9. The first-order valence-corrected chi connectivity index (χ1v) is 7.95. The van der Waals surface area contributed by atoms with Crippen LogP contribution in [0.1, 0.15) is 18.2 Å². The lowest BCUT2D eigenvalue weighted by atomic mass is 9.77. The van der Waals surface area contributed by atoms with Gasteiger partial charge in [-0.25, -0.2) is 13.2 Å².